The molecule has 0 aliphatic carbocycles. The van der Waals surface area contributed by atoms with Crippen molar-refractivity contribution in [2.75, 3.05) is 24.7 Å². The number of thioether (sulfide) groups is 1. The van der Waals surface area contributed by atoms with Crippen LogP contribution in [0, 0.1) is 17.8 Å². The lowest BCUT2D eigenvalue weighted by molar-refractivity contribution is -0.154. The number of aliphatic hydroxyl groups excluding tert-OH is 1. The Hall–Kier alpha value is -1.81. The maximum absolute atomic E-state index is 14.7. The molecule has 3 heterocycles. The third kappa shape index (κ3) is 6.15. The first-order valence-electron chi connectivity index (χ1n) is 14.3. The predicted octanol–water partition coefficient (Wildman–Crippen LogP) is 5.63. The van der Waals surface area contributed by atoms with Gasteiger partial charge in [0.1, 0.15) is 6.04 Å². The zero-order valence-electron chi connectivity index (χ0n) is 23.7. The van der Waals surface area contributed by atoms with E-state index in [1.165, 1.54) is 0 Å². The van der Waals surface area contributed by atoms with E-state index in [-0.39, 0.29) is 53.5 Å². The van der Waals surface area contributed by atoms with Crippen LogP contribution in [0.15, 0.2) is 49.6 Å². The van der Waals surface area contributed by atoms with Crippen LogP contribution in [0.5, 0.6) is 0 Å². The molecule has 1 N–H and O–H groups in total. The second-order valence-corrected chi connectivity index (χ2v) is 14.7. The van der Waals surface area contributed by atoms with Crippen molar-refractivity contribution in [3.05, 3.63) is 54.6 Å². The van der Waals surface area contributed by atoms with E-state index in [1.807, 2.05) is 19.9 Å². The molecule has 1 spiro atoms. The second kappa shape index (κ2) is 13.7. The molecule has 2 bridgehead atoms. The van der Waals surface area contributed by atoms with Crippen molar-refractivity contribution in [2.24, 2.45) is 17.8 Å². The van der Waals surface area contributed by atoms with Crippen LogP contribution in [-0.2, 0) is 19.1 Å². The zero-order valence-corrected chi connectivity index (χ0v) is 26.9. The number of rotatable bonds is 14. The number of allylic oxidation sites excluding steroid dienone is 1. The van der Waals surface area contributed by atoms with E-state index < -0.39 is 28.7 Å². The Morgan fingerprint density at radius 1 is 1.27 bits per heavy atom. The lowest BCUT2D eigenvalue weighted by atomic mass is 9.71. The third-order valence-electron chi connectivity index (χ3n) is 8.34. The summed E-state index contributed by atoms with van der Waals surface area (Å²) in [7, 11) is 0. The number of aliphatic hydroxyl groups is 1. The summed E-state index contributed by atoms with van der Waals surface area (Å²) in [5.74, 6) is -2.09. The number of esters is 1. The number of fused-ring (bicyclic) bond motifs is 1. The van der Waals surface area contributed by atoms with Crippen LogP contribution in [-0.4, -0.2) is 74.5 Å². The lowest BCUT2D eigenvalue weighted by Crippen LogP contribution is -2.58. The van der Waals surface area contributed by atoms with Crippen LogP contribution >= 0.6 is 39.3 Å². The van der Waals surface area contributed by atoms with Crippen LogP contribution < -0.4 is 4.90 Å². The fourth-order valence-corrected chi connectivity index (χ4v) is 10.4. The van der Waals surface area contributed by atoms with Gasteiger partial charge in [-0.2, -0.15) is 0 Å². The Morgan fingerprint density at radius 2 is 1.98 bits per heavy atom. The summed E-state index contributed by atoms with van der Waals surface area (Å²) >= 11 is 11.5. The minimum Gasteiger partial charge on any atom is -0.465 e. The molecule has 3 aliphatic heterocycles. The van der Waals surface area contributed by atoms with Crippen LogP contribution in [0.2, 0.25) is 5.02 Å². The highest BCUT2D eigenvalue weighted by Gasteiger charge is 2.76. The number of hydrogen-bond donors (Lipinski definition) is 1. The van der Waals surface area contributed by atoms with Gasteiger partial charge >= 0.3 is 5.97 Å². The standard InChI is InChI=1S/C31H40BrClN2O5S/c1-5-7-8-9-15-40-30(39)24-25-28(37)35(22(18-36)16-19(3)4)27(31(25)17-23(32)26(24)41-31)29(38)34(14-6-2)21-12-10-20(33)11-13-21/h5-6,10-13,19,22-27,36H,1-2,7-9,14-18H2,3-4H3/t22-,23?,24-,25+,26-,27?,31?/m1/s1. The Bertz CT molecular complexity index is 1150. The molecule has 2 amide bonds. The minimum atomic E-state index is -0.869. The highest BCUT2D eigenvalue weighted by atomic mass is 79.9. The van der Waals surface area contributed by atoms with Gasteiger partial charge < -0.3 is 19.6 Å². The normalized spacial score (nSPS) is 29.0. The van der Waals surface area contributed by atoms with Gasteiger partial charge in [0.05, 0.1) is 35.8 Å². The number of hydrogen-bond acceptors (Lipinski definition) is 6. The van der Waals surface area contributed by atoms with E-state index in [4.69, 9.17) is 16.3 Å². The molecule has 0 radical (unpaired) electrons. The van der Waals surface area contributed by atoms with E-state index in [9.17, 15) is 19.5 Å². The maximum Gasteiger partial charge on any atom is 0.310 e. The molecule has 224 valence electrons. The molecular weight excluding hydrogens is 628 g/mol. The molecule has 10 heteroatoms. The fourth-order valence-electron chi connectivity index (χ4n) is 6.71. The lowest BCUT2D eigenvalue weighted by Gasteiger charge is -2.40. The number of amides is 2. The van der Waals surface area contributed by atoms with E-state index in [0.29, 0.717) is 23.6 Å². The van der Waals surface area contributed by atoms with Gasteiger partial charge in [0.15, 0.2) is 0 Å². The van der Waals surface area contributed by atoms with Gasteiger partial charge in [-0.3, -0.25) is 14.4 Å². The molecule has 3 saturated heterocycles. The van der Waals surface area contributed by atoms with Crippen LogP contribution in [0.1, 0.15) is 46.0 Å². The summed E-state index contributed by atoms with van der Waals surface area (Å²) in [6.07, 6.45) is 7.01. The van der Waals surface area contributed by atoms with Gasteiger partial charge in [-0.05, 0) is 62.3 Å². The second-order valence-electron chi connectivity index (χ2n) is 11.5. The topological polar surface area (TPSA) is 87.2 Å². The molecule has 0 saturated carbocycles. The number of alkyl halides is 1. The molecule has 41 heavy (non-hydrogen) atoms. The van der Waals surface area contributed by atoms with Crippen molar-refractivity contribution >= 4 is 62.8 Å². The zero-order chi connectivity index (χ0) is 29.9. The molecule has 4 rings (SSSR count). The number of carbonyl (C=O) groups excluding carboxylic acids is 3. The highest BCUT2D eigenvalue weighted by Crippen LogP contribution is 2.68. The first-order valence-corrected chi connectivity index (χ1v) is 16.5. The maximum atomic E-state index is 14.7. The number of unbranched alkanes of at least 4 members (excludes halogenated alkanes) is 2. The van der Waals surface area contributed by atoms with Crippen molar-refractivity contribution in [1.29, 1.82) is 0 Å². The average molecular weight is 668 g/mol. The molecule has 1 aromatic carbocycles. The molecule has 3 unspecified atom stereocenters. The summed E-state index contributed by atoms with van der Waals surface area (Å²) in [6, 6.07) is 5.57. The Morgan fingerprint density at radius 3 is 2.59 bits per heavy atom. The molecule has 3 fully saturated rings. The number of anilines is 1. The molecule has 1 aromatic rings. The first kappa shape index (κ1) is 32.1. The summed E-state index contributed by atoms with van der Waals surface area (Å²) in [4.78, 5) is 45.8. The van der Waals surface area contributed by atoms with E-state index in [2.05, 4.69) is 29.1 Å². The Kier molecular flexibility index (Phi) is 10.7. The Balaban J connectivity index is 1.75. The van der Waals surface area contributed by atoms with Crippen LogP contribution in [0.4, 0.5) is 5.69 Å². The number of nitrogens with zero attached hydrogens (tertiary/aromatic N) is 2. The van der Waals surface area contributed by atoms with Crippen molar-refractivity contribution in [3.63, 3.8) is 0 Å². The molecule has 3 aliphatic rings. The van der Waals surface area contributed by atoms with E-state index >= 15 is 0 Å². The number of halogens is 2. The van der Waals surface area contributed by atoms with Crippen LogP contribution in [0.25, 0.3) is 0 Å². The summed E-state index contributed by atoms with van der Waals surface area (Å²) in [6.45, 7) is 11.9. The SMILES string of the molecule is C=CCCCCOC(=O)[C@H]1[C@@H]2SC3(CC2Br)C(C(=O)N(CC=C)c2ccc(Cl)cc2)N([C@@H](CO)CC(C)C)C(=O)[C@H]13. The Labute approximate surface area is 260 Å². The fraction of sp³-hybridized carbons (Fsp3) is 0.581. The van der Waals surface area contributed by atoms with Crippen molar-refractivity contribution < 1.29 is 24.2 Å². The third-order valence-corrected chi connectivity index (χ3v) is 11.8. The van der Waals surface area contributed by atoms with Gasteiger partial charge in [0.25, 0.3) is 5.91 Å². The van der Waals surface area contributed by atoms with Gasteiger partial charge in [-0.1, -0.05) is 53.5 Å². The quantitative estimate of drug-likeness (QED) is 0.120. The van der Waals surface area contributed by atoms with E-state index in [1.54, 1.807) is 51.9 Å². The molecule has 7 nitrogen and oxygen atoms in total. The van der Waals surface area contributed by atoms with Gasteiger partial charge in [-0.25, -0.2) is 0 Å². The summed E-state index contributed by atoms with van der Waals surface area (Å²) in [5.41, 5.74) is 0.638. The molecular formula is C31H40BrClN2O5S. The minimum absolute atomic E-state index is 0.0637. The van der Waals surface area contributed by atoms with Crippen molar-refractivity contribution in [2.45, 2.75) is 72.9 Å². The van der Waals surface area contributed by atoms with Gasteiger partial charge in [-0.15, -0.1) is 24.9 Å². The highest BCUT2D eigenvalue weighted by molar-refractivity contribution is 9.09. The number of carbonyl (C=O) groups is 3. The monoisotopic (exact) mass is 666 g/mol. The first-order chi connectivity index (χ1) is 19.6. The largest absolute Gasteiger partial charge is 0.465 e. The number of likely N-dealkylation sites (tertiary alicyclic amines) is 1. The van der Waals surface area contributed by atoms with Gasteiger partial charge in [0, 0.05) is 27.3 Å². The smallest absolute Gasteiger partial charge is 0.310 e. The van der Waals surface area contributed by atoms with Gasteiger partial charge in [0.2, 0.25) is 5.91 Å². The number of benzene rings is 1. The summed E-state index contributed by atoms with van der Waals surface area (Å²) in [5, 5.41) is 10.9. The summed E-state index contributed by atoms with van der Waals surface area (Å²) < 4.78 is 4.89. The average Bonchev–Trinajstić information content (AvgIpc) is 3.53. The van der Waals surface area contributed by atoms with E-state index in [0.717, 1.165) is 19.3 Å². The van der Waals surface area contributed by atoms with Crippen molar-refractivity contribution in [3.8, 4) is 0 Å². The molecule has 7 atom stereocenters. The van der Waals surface area contributed by atoms with Crippen LogP contribution in [0.3, 0.4) is 0 Å². The van der Waals surface area contributed by atoms with Crippen molar-refractivity contribution in [1.82, 2.24) is 4.90 Å². The number of ether oxygens (including phenoxy) is 1. The molecule has 0 aromatic heterocycles. The predicted molar refractivity (Wildman–Crippen MR) is 168 cm³/mol.